The van der Waals surface area contributed by atoms with E-state index < -0.39 is 0 Å². The van der Waals surface area contributed by atoms with Gasteiger partial charge in [-0.3, -0.25) is 4.98 Å². The largest absolute Gasteiger partial charge is 0.477 e. The molecule has 4 nitrogen and oxygen atoms in total. The highest BCUT2D eigenvalue weighted by Crippen LogP contribution is 2.13. The maximum Gasteiger partial charge on any atom is 0.234 e. The zero-order chi connectivity index (χ0) is 11.3. The standard InChI is InChI=1S/C11H17N3O/c1-5-15-11-7-12-6-10(13-11)14(4)8-9(2)3/h6-7H,2,5,8H2,1,3-4H3. The summed E-state index contributed by atoms with van der Waals surface area (Å²) in [6.45, 7) is 9.13. The van der Waals surface area contributed by atoms with Crippen LogP contribution in [0.3, 0.4) is 0 Å². The van der Waals surface area contributed by atoms with Crippen LogP contribution in [0.4, 0.5) is 5.82 Å². The van der Waals surface area contributed by atoms with E-state index in [-0.39, 0.29) is 0 Å². The predicted molar refractivity (Wildman–Crippen MR) is 61.3 cm³/mol. The highest BCUT2D eigenvalue weighted by molar-refractivity contribution is 5.37. The van der Waals surface area contributed by atoms with Crippen molar-refractivity contribution in [3.8, 4) is 5.88 Å². The summed E-state index contributed by atoms with van der Waals surface area (Å²) in [5.74, 6) is 1.35. The Morgan fingerprint density at radius 3 is 2.87 bits per heavy atom. The molecule has 0 aliphatic carbocycles. The van der Waals surface area contributed by atoms with Crippen molar-refractivity contribution in [2.24, 2.45) is 0 Å². The van der Waals surface area contributed by atoms with Gasteiger partial charge in [-0.1, -0.05) is 12.2 Å². The number of hydrogen-bond acceptors (Lipinski definition) is 4. The van der Waals surface area contributed by atoms with Gasteiger partial charge in [0.2, 0.25) is 5.88 Å². The van der Waals surface area contributed by atoms with Crippen molar-refractivity contribution in [1.29, 1.82) is 0 Å². The van der Waals surface area contributed by atoms with Gasteiger partial charge < -0.3 is 9.64 Å². The molecule has 4 heteroatoms. The Hall–Kier alpha value is -1.58. The smallest absolute Gasteiger partial charge is 0.234 e. The summed E-state index contributed by atoms with van der Waals surface area (Å²) in [4.78, 5) is 10.4. The minimum absolute atomic E-state index is 0.559. The van der Waals surface area contributed by atoms with E-state index in [1.807, 2.05) is 25.8 Å². The fraction of sp³-hybridized carbons (Fsp3) is 0.455. The molecule has 0 atom stereocenters. The Balaban J connectivity index is 2.75. The highest BCUT2D eigenvalue weighted by atomic mass is 16.5. The van der Waals surface area contributed by atoms with Gasteiger partial charge in [0.05, 0.1) is 19.0 Å². The normalized spacial score (nSPS) is 9.80. The van der Waals surface area contributed by atoms with Gasteiger partial charge in [0.15, 0.2) is 5.82 Å². The first-order chi connectivity index (χ1) is 7.13. The van der Waals surface area contributed by atoms with Gasteiger partial charge in [-0.25, -0.2) is 0 Å². The van der Waals surface area contributed by atoms with E-state index in [0.717, 1.165) is 17.9 Å². The summed E-state index contributed by atoms with van der Waals surface area (Å²) in [5, 5.41) is 0. The average molecular weight is 207 g/mol. The van der Waals surface area contributed by atoms with Crippen molar-refractivity contribution in [3.63, 3.8) is 0 Å². The topological polar surface area (TPSA) is 38.2 Å². The van der Waals surface area contributed by atoms with Crippen molar-refractivity contribution in [2.75, 3.05) is 25.1 Å². The van der Waals surface area contributed by atoms with Crippen molar-refractivity contribution in [2.45, 2.75) is 13.8 Å². The van der Waals surface area contributed by atoms with Crippen LogP contribution in [0.5, 0.6) is 5.88 Å². The Labute approximate surface area is 90.6 Å². The SMILES string of the molecule is C=C(C)CN(C)c1cncc(OCC)n1. The van der Waals surface area contributed by atoms with E-state index in [9.17, 15) is 0 Å². The maximum absolute atomic E-state index is 5.28. The molecule has 0 radical (unpaired) electrons. The molecule has 1 aromatic rings. The zero-order valence-corrected chi connectivity index (χ0v) is 9.53. The lowest BCUT2D eigenvalue weighted by Crippen LogP contribution is -2.20. The first kappa shape index (κ1) is 11.5. The molecule has 0 N–H and O–H groups in total. The van der Waals surface area contributed by atoms with Gasteiger partial charge in [0.25, 0.3) is 0 Å². The number of anilines is 1. The van der Waals surface area contributed by atoms with Crippen LogP contribution in [0, 0.1) is 0 Å². The fourth-order valence-corrected chi connectivity index (χ4v) is 1.23. The highest BCUT2D eigenvalue weighted by Gasteiger charge is 2.04. The summed E-state index contributed by atoms with van der Waals surface area (Å²) in [5.41, 5.74) is 1.08. The number of rotatable bonds is 5. The van der Waals surface area contributed by atoms with Gasteiger partial charge in [-0.2, -0.15) is 4.98 Å². The molecule has 15 heavy (non-hydrogen) atoms. The summed E-state index contributed by atoms with van der Waals surface area (Å²) in [7, 11) is 1.95. The quantitative estimate of drug-likeness (QED) is 0.691. The van der Waals surface area contributed by atoms with E-state index in [1.165, 1.54) is 0 Å². The van der Waals surface area contributed by atoms with Gasteiger partial charge >= 0.3 is 0 Å². The third-order valence-electron chi connectivity index (χ3n) is 1.79. The van der Waals surface area contributed by atoms with Crippen LogP contribution in [0.15, 0.2) is 24.5 Å². The summed E-state index contributed by atoms with van der Waals surface area (Å²) >= 11 is 0. The predicted octanol–water partition coefficient (Wildman–Crippen LogP) is 1.89. The molecule has 0 spiro atoms. The Kier molecular flexibility index (Phi) is 4.09. The maximum atomic E-state index is 5.28. The van der Waals surface area contributed by atoms with Crippen molar-refractivity contribution in [3.05, 3.63) is 24.5 Å². The molecule has 82 valence electrons. The number of likely N-dealkylation sites (N-methyl/N-ethyl adjacent to an activating group) is 1. The molecule has 0 aromatic carbocycles. The van der Waals surface area contributed by atoms with Crippen LogP contribution in [0.1, 0.15) is 13.8 Å². The number of hydrogen-bond donors (Lipinski definition) is 0. The molecule has 0 unspecified atom stereocenters. The third kappa shape index (κ3) is 3.58. The average Bonchev–Trinajstić information content (AvgIpc) is 2.17. The molecule has 1 rings (SSSR count). The molecule has 0 aliphatic heterocycles. The molecule has 1 heterocycles. The second kappa shape index (κ2) is 5.34. The van der Waals surface area contributed by atoms with Gasteiger partial charge in [-0.05, 0) is 13.8 Å². The Morgan fingerprint density at radius 2 is 2.27 bits per heavy atom. The van der Waals surface area contributed by atoms with E-state index in [4.69, 9.17) is 4.74 Å². The second-order valence-electron chi connectivity index (χ2n) is 3.46. The van der Waals surface area contributed by atoms with Gasteiger partial charge in [0.1, 0.15) is 0 Å². The van der Waals surface area contributed by atoms with Gasteiger partial charge in [0, 0.05) is 13.6 Å². The lowest BCUT2D eigenvalue weighted by Gasteiger charge is -2.17. The molecule has 0 aliphatic rings. The lowest BCUT2D eigenvalue weighted by molar-refractivity contribution is 0.325. The first-order valence-corrected chi connectivity index (χ1v) is 4.94. The Bertz CT molecular complexity index is 338. The minimum atomic E-state index is 0.559. The minimum Gasteiger partial charge on any atom is -0.477 e. The van der Waals surface area contributed by atoms with Crippen molar-refractivity contribution in [1.82, 2.24) is 9.97 Å². The molecular weight excluding hydrogens is 190 g/mol. The van der Waals surface area contributed by atoms with Crippen LogP contribution in [0.25, 0.3) is 0 Å². The lowest BCUT2D eigenvalue weighted by atomic mass is 10.3. The third-order valence-corrected chi connectivity index (χ3v) is 1.79. The van der Waals surface area contributed by atoms with Crippen LogP contribution >= 0.6 is 0 Å². The van der Waals surface area contributed by atoms with Gasteiger partial charge in [-0.15, -0.1) is 0 Å². The summed E-state index contributed by atoms with van der Waals surface area (Å²) in [6.07, 6.45) is 3.33. The molecule has 0 bridgehead atoms. The van der Waals surface area contributed by atoms with E-state index >= 15 is 0 Å². The molecule has 0 saturated carbocycles. The summed E-state index contributed by atoms with van der Waals surface area (Å²) < 4.78 is 5.28. The second-order valence-corrected chi connectivity index (χ2v) is 3.46. The number of nitrogens with zero attached hydrogens (tertiary/aromatic N) is 3. The van der Waals surface area contributed by atoms with Crippen molar-refractivity contribution >= 4 is 5.82 Å². The zero-order valence-electron chi connectivity index (χ0n) is 9.53. The fourth-order valence-electron chi connectivity index (χ4n) is 1.23. The van der Waals surface area contributed by atoms with Crippen LogP contribution in [0.2, 0.25) is 0 Å². The molecule has 0 fully saturated rings. The van der Waals surface area contributed by atoms with E-state index in [0.29, 0.717) is 12.5 Å². The Morgan fingerprint density at radius 1 is 1.53 bits per heavy atom. The molecule has 1 aromatic heterocycles. The van der Waals surface area contributed by atoms with Crippen LogP contribution in [-0.4, -0.2) is 30.2 Å². The molecule has 0 saturated heterocycles. The van der Waals surface area contributed by atoms with Crippen LogP contribution < -0.4 is 9.64 Å². The monoisotopic (exact) mass is 207 g/mol. The first-order valence-electron chi connectivity index (χ1n) is 4.94. The van der Waals surface area contributed by atoms with E-state index in [2.05, 4.69) is 16.5 Å². The number of ether oxygens (including phenoxy) is 1. The van der Waals surface area contributed by atoms with Crippen molar-refractivity contribution < 1.29 is 4.74 Å². The number of aromatic nitrogens is 2. The van der Waals surface area contributed by atoms with Crippen LogP contribution in [-0.2, 0) is 0 Å². The summed E-state index contributed by atoms with van der Waals surface area (Å²) in [6, 6.07) is 0. The van der Waals surface area contributed by atoms with E-state index in [1.54, 1.807) is 12.4 Å². The molecular formula is C11H17N3O. The molecule has 0 amide bonds.